The first-order chi connectivity index (χ1) is 7.95. The van der Waals surface area contributed by atoms with Crippen molar-refractivity contribution in [1.29, 1.82) is 0 Å². The molecule has 1 unspecified atom stereocenters. The van der Waals surface area contributed by atoms with Gasteiger partial charge in [0.25, 0.3) is 0 Å². The van der Waals surface area contributed by atoms with Crippen molar-refractivity contribution in [2.45, 2.75) is 19.9 Å². The molecule has 0 aliphatic carbocycles. The summed E-state index contributed by atoms with van der Waals surface area (Å²) in [7, 11) is 5.56. The Hall–Kier alpha value is -0.850. The molecule has 1 aromatic rings. The molecule has 0 saturated carbocycles. The van der Waals surface area contributed by atoms with Crippen molar-refractivity contribution in [2.24, 2.45) is 4.99 Å². The summed E-state index contributed by atoms with van der Waals surface area (Å²) in [5.74, 6) is 0.606. The van der Waals surface area contributed by atoms with Crippen LogP contribution in [0.4, 0.5) is 4.39 Å². The Labute approximate surface area is 126 Å². The van der Waals surface area contributed by atoms with E-state index in [4.69, 9.17) is 0 Å². The molecule has 0 aliphatic heterocycles. The van der Waals surface area contributed by atoms with Gasteiger partial charge in [0, 0.05) is 21.1 Å². The van der Waals surface area contributed by atoms with Crippen LogP contribution in [0.15, 0.2) is 23.2 Å². The summed E-state index contributed by atoms with van der Waals surface area (Å²) in [6.07, 6.45) is 0. The van der Waals surface area contributed by atoms with E-state index in [2.05, 4.69) is 10.3 Å². The summed E-state index contributed by atoms with van der Waals surface area (Å²) in [6.45, 7) is 3.74. The predicted molar refractivity (Wildman–Crippen MR) is 85.1 cm³/mol. The van der Waals surface area contributed by atoms with Crippen LogP contribution in [0.5, 0.6) is 0 Å². The average Bonchev–Trinajstić information content (AvgIpc) is 2.28. The summed E-state index contributed by atoms with van der Waals surface area (Å²) in [5, 5.41) is 3.24. The molecule has 1 aromatic carbocycles. The Bertz CT molecular complexity index is 419. The maximum Gasteiger partial charge on any atom is 0.193 e. The molecule has 0 bridgehead atoms. The van der Waals surface area contributed by atoms with Crippen molar-refractivity contribution in [3.05, 3.63) is 35.1 Å². The minimum Gasteiger partial charge on any atom is -0.350 e. The zero-order chi connectivity index (χ0) is 13.0. The number of nitrogens with one attached hydrogen (secondary N) is 1. The summed E-state index contributed by atoms with van der Waals surface area (Å²) in [5.41, 5.74) is 1.58. The van der Waals surface area contributed by atoms with Crippen molar-refractivity contribution < 1.29 is 4.39 Å². The van der Waals surface area contributed by atoms with Gasteiger partial charge >= 0.3 is 0 Å². The zero-order valence-electron chi connectivity index (χ0n) is 11.5. The molecular formula is C13H21FIN3. The topological polar surface area (TPSA) is 27.6 Å². The Morgan fingerprint density at radius 2 is 2.00 bits per heavy atom. The fraction of sp³-hybridized carbons (Fsp3) is 0.462. The van der Waals surface area contributed by atoms with Gasteiger partial charge in [-0.25, -0.2) is 4.39 Å². The molecule has 0 heterocycles. The fourth-order valence-corrected chi connectivity index (χ4v) is 1.55. The molecule has 0 saturated heterocycles. The van der Waals surface area contributed by atoms with Crippen LogP contribution < -0.4 is 5.32 Å². The summed E-state index contributed by atoms with van der Waals surface area (Å²) >= 11 is 0. The van der Waals surface area contributed by atoms with Crippen molar-refractivity contribution in [3.8, 4) is 0 Å². The molecular weight excluding hydrogens is 344 g/mol. The van der Waals surface area contributed by atoms with Gasteiger partial charge in [-0.1, -0.05) is 12.1 Å². The third-order valence-corrected chi connectivity index (χ3v) is 2.68. The number of guanidine groups is 1. The smallest absolute Gasteiger partial charge is 0.193 e. The number of hydrogen-bond acceptors (Lipinski definition) is 1. The Kier molecular flexibility index (Phi) is 7.20. The molecule has 1 atom stereocenters. The normalized spacial score (nSPS) is 12.7. The highest BCUT2D eigenvalue weighted by molar-refractivity contribution is 14.0. The SMILES string of the molecule is CN=C(NC(C)c1ccc(C)c(F)c1)N(C)C.I. The Morgan fingerprint density at radius 1 is 1.39 bits per heavy atom. The van der Waals surface area contributed by atoms with Crippen molar-refractivity contribution in [2.75, 3.05) is 21.1 Å². The van der Waals surface area contributed by atoms with Crippen molar-refractivity contribution in [1.82, 2.24) is 10.2 Å². The average molecular weight is 365 g/mol. The first-order valence-electron chi connectivity index (χ1n) is 5.62. The standard InChI is InChI=1S/C13H20FN3.HI/c1-9-6-7-11(8-12(9)14)10(2)16-13(15-3)17(4)5;/h6-8,10H,1-5H3,(H,15,16);1H. The molecule has 0 spiro atoms. The minimum absolute atomic E-state index is 0. The maximum absolute atomic E-state index is 13.4. The van der Waals surface area contributed by atoms with Crippen LogP contribution in [0.25, 0.3) is 0 Å². The predicted octanol–water partition coefficient (Wildman–Crippen LogP) is 2.95. The number of hydrogen-bond donors (Lipinski definition) is 1. The van der Waals surface area contributed by atoms with E-state index >= 15 is 0 Å². The third-order valence-electron chi connectivity index (χ3n) is 2.68. The van der Waals surface area contributed by atoms with Gasteiger partial charge in [0.15, 0.2) is 5.96 Å². The highest BCUT2D eigenvalue weighted by Gasteiger charge is 2.10. The van der Waals surface area contributed by atoms with Gasteiger partial charge in [-0.05, 0) is 31.0 Å². The highest BCUT2D eigenvalue weighted by Crippen LogP contribution is 2.16. The lowest BCUT2D eigenvalue weighted by Gasteiger charge is -2.22. The molecule has 1 rings (SSSR count). The van der Waals surface area contributed by atoms with Gasteiger partial charge in [-0.3, -0.25) is 4.99 Å². The summed E-state index contributed by atoms with van der Waals surface area (Å²) in [4.78, 5) is 6.02. The van der Waals surface area contributed by atoms with E-state index in [9.17, 15) is 4.39 Å². The molecule has 3 nitrogen and oxygen atoms in total. The molecule has 0 aliphatic rings. The number of benzene rings is 1. The second-order valence-electron chi connectivity index (χ2n) is 4.32. The molecule has 0 radical (unpaired) electrons. The molecule has 0 fully saturated rings. The van der Waals surface area contributed by atoms with E-state index in [1.807, 2.05) is 32.0 Å². The summed E-state index contributed by atoms with van der Waals surface area (Å²) < 4.78 is 13.4. The lowest BCUT2D eigenvalue weighted by molar-refractivity contribution is 0.554. The second-order valence-corrected chi connectivity index (χ2v) is 4.32. The molecule has 1 N–H and O–H groups in total. The lowest BCUT2D eigenvalue weighted by Crippen LogP contribution is -2.37. The number of nitrogens with zero attached hydrogens (tertiary/aromatic N) is 2. The first kappa shape index (κ1) is 17.2. The quantitative estimate of drug-likeness (QED) is 0.496. The molecule has 5 heteroatoms. The third kappa shape index (κ3) is 4.44. The number of rotatable bonds is 2. The van der Waals surface area contributed by atoms with Gasteiger partial charge in [0.05, 0.1) is 6.04 Å². The van der Waals surface area contributed by atoms with E-state index in [1.54, 1.807) is 26.1 Å². The first-order valence-corrected chi connectivity index (χ1v) is 5.62. The number of aliphatic imine (C=N–C) groups is 1. The number of halogens is 2. The Balaban J connectivity index is 0.00000289. The van der Waals surface area contributed by atoms with E-state index in [0.29, 0.717) is 5.56 Å². The van der Waals surface area contributed by atoms with Gasteiger partial charge in [0.1, 0.15) is 5.82 Å². The van der Waals surface area contributed by atoms with E-state index in [0.717, 1.165) is 11.5 Å². The molecule has 0 amide bonds. The van der Waals surface area contributed by atoms with Crippen LogP contribution in [0.1, 0.15) is 24.1 Å². The van der Waals surface area contributed by atoms with Crippen LogP contribution >= 0.6 is 24.0 Å². The minimum atomic E-state index is -0.170. The number of aryl methyl sites for hydroxylation is 1. The van der Waals surface area contributed by atoms with Crippen LogP contribution in [0, 0.1) is 12.7 Å². The van der Waals surface area contributed by atoms with E-state index in [-0.39, 0.29) is 35.8 Å². The van der Waals surface area contributed by atoms with Crippen LogP contribution in [0.3, 0.4) is 0 Å². The Morgan fingerprint density at radius 3 is 2.44 bits per heavy atom. The second kappa shape index (κ2) is 7.56. The summed E-state index contributed by atoms with van der Waals surface area (Å²) in [6, 6.07) is 5.31. The van der Waals surface area contributed by atoms with Gasteiger partial charge in [-0.15, -0.1) is 24.0 Å². The van der Waals surface area contributed by atoms with Crippen LogP contribution in [0.2, 0.25) is 0 Å². The molecule has 0 aromatic heterocycles. The van der Waals surface area contributed by atoms with Gasteiger partial charge in [-0.2, -0.15) is 0 Å². The molecule has 102 valence electrons. The van der Waals surface area contributed by atoms with Gasteiger partial charge < -0.3 is 10.2 Å². The molecule has 18 heavy (non-hydrogen) atoms. The van der Waals surface area contributed by atoms with Crippen molar-refractivity contribution in [3.63, 3.8) is 0 Å². The fourth-order valence-electron chi connectivity index (χ4n) is 1.55. The van der Waals surface area contributed by atoms with Crippen LogP contribution in [-0.2, 0) is 0 Å². The van der Waals surface area contributed by atoms with Crippen LogP contribution in [-0.4, -0.2) is 32.0 Å². The zero-order valence-corrected chi connectivity index (χ0v) is 13.8. The van der Waals surface area contributed by atoms with E-state index < -0.39 is 0 Å². The monoisotopic (exact) mass is 365 g/mol. The van der Waals surface area contributed by atoms with E-state index in [1.165, 1.54) is 0 Å². The highest BCUT2D eigenvalue weighted by atomic mass is 127. The lowest BCUT2D eigenvalue weighted by atomic mass is 10.1. The maximum atomic E-state index is 13.4. The van der Waals surface area contributed by atoms with Crippen molar-refractivity contribution >= 4 is 29.9 Å². The van der Waals surface area contributed by atoms with Gasteiger partial charge in [0.2, 0.25) is 0 Å². The largest absolute Gasteiger partial charge is 0.350 e.